The van der Waals surface area contributed by atoms with Crippen LogP contribution in [0.2, 0.25) is 5.16 Å². The lowest BCUT2D eigenvalue weighted by Crippen LogP contribution is -2.69. The van der Waals surface area contributed by atoms with Gasteiger partial charge in [0.25, 0.3) is 0 Å². The Balaban J connectivity index is 2.67. The van der Waals surface area contributed by atoms with Crippen LogP contribution < -0.4 is 10.4 Å². The summed E-state index contributed by atoms with van der Waals surface area (Å²) in [7, 11) is 1.35. The molecule has 0 aromatic heterocycles. The zero-order chi connectivity index (χ0) is 18.3. The van der Waals surface area contributed by atoms with Crippen LogP contribution in [0, 0.1) is 0 Å². The molecule has 0 aliphatic rings. The summed E-state index contributed by atoms with van der Waals surface area (Å²) in [6.07, 6.45) is 0.839. The summed E-state index contributed by atoms with van der Waals surface area (Å²) in [5.41, 5.74) is 0. The molecule has 25 heavy (non-hydrogen) atoms. The van der Waals surface area contributed by atoms with Crippen molar-refractivity contribution in [2.75, 3.05) is 28.4 Å². The molecule has 0 spiro atoms. The Labute approximate surface area is 153 Å². The number of benzene rings is 2. The quantitative estimate of drug-likeness (QED) is 0.631. The van der Waals surface area contributed by atoms with Crippen LogP contribution in [-0.4, -0.2) is 45.6 Å². The van der Waals surface area contributed by atoms with E-state index in [1.807, 2.05) is 36.4 Å². The molecular formula is C19H28O4Si2. The fourth-order valence-corrected chi connectivity index (χ4v) is 13.8. The third-order valence-electron chi connectivity index (χ3n) is 4.89. The van der Waals surface area contributed by atoms with Crippen molar-refractivity contribution in [1.29, 1.82) is 0 Å². The Hall–Kier alpha value is -1.29. The van der Waals surface area contributed by atoms with Crippen LogP contribution in [0.1, 0.15) is 13.3 Å². The van der Waals surface area contributed by atoms with E-state index in [1.165, 1.54) is 0 Å². The van der Waals surface area contributed by atoms with Crippen molar-refractivity contribution in [2.45, 2.75) is 18.5 Å². The zero-order valence-corrected chi connectivity index (χ0v) is 17.7. The van der Waals surface area contributed by atoms with Crippen molar-refractivity contribution in [3.8, 4) is 0 Å². The Morgan fingerprint density at radius 1 is 0.640 bits per heavy atom. The molecule has 0 saturated heterocycles. The molecule has 0 atom stereocenters. The maximum atomic E-state index is 6.15. The van der Waals surface area contributed by atoms with E-state index < -0.39 is 17.1 Å². The van der Waals surface area contributed by atoms with Gasteiger partial charge in [-0.15, -0.1) is 0 Å². The Kier molecular flexibility index (Phi) is 7.12. The molecule has 0 fully saturated rings. The number of hydrogen-bond donors (Lipinski definition) is 0. The lowest BCUT2D eigenvalue weighted by molar-refractivity contribution is 0.217. The summed E-state index contributed by atoms with van der Waals surface area (Å²) >= 11 is 0. The molecular weight excluding hydrogens is 348 g/mol. The van der Waals surface area contributed by atoms with Gasteiger partial charge in [0.1, 0.15) is 0 Å². The minimum absolute atomic E-state index is 0.0230. The van der Waals surface area contributed by atoms with E-state index in [0.717, 1.165) is 16.8 Å². The first-order valence-electron chi connectivity index (χ1n) is 8.46. The highest BCUT2D eigenvalue weighted by atomic mass is 28.4. The number of rotatable bonds is 9. The van der Waals surface area contributed by atoms with E-state index in [2.05, 4.69) is 31.2 Å². The van der Waals surface area contributed by atoms with Crippen molar-refractivity contribution in [3.05, 3.63) is 60.7 Å². The molecule has 0 radical (unpaired) electrons. The molecule has 136 valence electrons. The summed E-state index contributed by atoms with van der Waals surface area (Å²) < 4.78 is 24.6. The molecule has 0 saturated carbocycles. The van der Waals surface area contributed by atoms with Gasteiger partial charge in [-0.3, -0.25) is 0 Å². The Morgan fingerprint density at radius 3 is 1.20 bits per heavy atom. The van der Waals surface area contributed by atoms with Gasteiger partial charge in [0, 0.05) is 28.4 Å². The van der Waals surface area contributed by atoms with E-state index >= 15 is 0 Å². The topological polar surface area (TPSA) is 36.9 Å². The van der Waals surface area contributed by atoms with Crippen LogP contribution in [0.15, 0.2) is 60.7 Å². The zero-order valence-electron chi connectivity index (χ0n) is 15.7. The summed E-state index contributed by atoms with van der Waals surface area (Å²) in [6, 6.07) is 20.4. The van der Waals surface area contributed by atoms with Crippen LogP contribution in [0.25, 0.3) is 0 Å². The summed E-state index contributed by atoms with van der Waals surface area (Å²) in [5.74, 6) is 0. The Morgan fingerprint density at radius 2 is 0.960 bits per heavy atom. The SMILES string of the molecule is CCC([Si](OC)(OC)c1ccccc1)[Si](OC)(OC)c1ccccc1. The molecule has 0 aliphatic heterocycles. The predicted molar refractivity (Wildman–Crippen MR) is 106 cm³/mol. The highest BCUT2D eigenvalue weighted by Gasteiger charge is 2.60. The van der Waals surface area contributed by atoms with Gasteiger partial charge in [-0.25, -0.2) is 0 Å². The first-order chi connectivity index (χ1) is 12.1. The summed E-state index contributed by atoms with van der Waals surface area (Å²) in [5, 5.41) is 2.21. The van der Waals surface area contributed by atoms with Gasteiger partial charge in [0.05, 0.1) is 5.16 Å². The highest BCUT2D eigenvalue weighted by Crippen LogP contribution is 2.36. The van der Waals surface area contributed by atoms with E-state index in [0.29, 0.717) is 0 Å². The molecule has 6 heteroatoms. The van der Waals surface area contributed by atoms with Crippen molar-refractivity contribution in [2.24, 2.45) is 0 Å². The number of hydrogen-bond acceptors (Lipinski definition) is 4. The molecule has 0 bridgehead atoms. The largest absolute Gasteiger partial charge is 0.394 e. The highest BCUT2D eigenvalue weighted by molar-refractivity contribution is 7.00. The molecule has 0 aliphatic carbocycles. The van der Waals surface area contributed by atoms with Crippen LogP contribution >= 0.6 is 0 Å². The normalized spacial score (nSPS) is 12.6. The first-order valence-corrected chi connectivity index (χ1v) is 12.3. The monoisotopic (exact) mass is 376 g/mol. The van der Waals surface area contributed by atoms with Gasteiger partial charge >= 0.3 is 17.1 Å². The van der Waals surface area contributed by atoms with E-state index in [4.69, 9.17) is 17.7 Å². The summed E-state index contributed by atoms with van der Waals surface area (Å²) in [6.45, 7) is 2.15. The van der Waals surface area contributed by atoms with E-state index in [1.54, 1.807) is 28.4 Å². The Bertz CT molecular complexity index is 573. The molecule has 2 rings (SSSR count). The van der Waals surface area contributed by atoms with Crippen LogP contribution in [-0.2, 0) is 17.7 Å². The van der Waals surface area contributed by atoms with Gasteiger partial charge in [-0.2, -0.15) is 0 Å². The second-order valence-electron chi connectivity index (χ2n) is 5.84. The lowest BCUT2D eigenvalue weighted by Gasteiger charge is -2.43. The minimum atomic E-state index is -2.80. The molecule has 0 amide bonds. The predicted octanol–water partition coefficient (Wildman–Crippen LogP) is 2.59. The third-order valence-corrected chi connectivity index (χ3v) is 14.5. The second kappa shape index (κ2) is 8.89. The van der Waals surface area contributed by atoms with E-state index in [9.17, 15) is 0 Å². The molecule has 4 nitrogen and oxygen atoms in total. The van der Waals surface area contributed by atoms with Crippen molar-refractivity contribution >= 4 is 27.5 Å². The lowest BCUT2D eigenvalue weighted by atomic mass is 10.4. The smallest absolute Gasteiger partial charge is 0.377 e. The average Bonchev–Trinajstić information content (AvgIpc) is 2.70. The van der Waals surface area contributed by atoms with Crippen molar-refractivity contribution in [1.82, 2.24) is 0 Å². The maximum Gasteiger partial charge on any atom is 0.377 e. The van der Waals surface area contributed by atoms with Gasteiger partial charge in [0.2, 0.25) is 0 Å². The van der Waals surface area contributed by atoms with Crippen LogP contribution in [0.3, 0.4) is 0 Å². The maximum absolute atomic E-state index is 6.15. The van der Waals surface area contributed by atoms with Gasteiger partial charge in [-0.1, -0.05) is 67.6 Å². The van der Waals surface area contributed by atoms with Gasteiger partial charge in [0.15, 0.2) is 0 Å². The fourth-order valence-electron chi connectivity index (χ4n) is 3.74. The van der Waals surface area contributed by atoms with Gasteiger partial charge in [-0.05, 0) is 16.8 Å². The first kappa shape index (κ1) is 20.0. The minimum Gasteiger partial charge on any atom is -0.394 e. The standard InChI is InChI=1S/C19H28O4Si2/c1-6-19(24(20-2,21-3)17-13-9-7-10-14-17)25(22-4,23-5)18-15-11-8-12-16-18/h7-16,19H,6H2,1-5H3. The average molecular weight is 377 g/mol. The third kappa shape index (κ3) is 3.51. The second-order valence-corrected chi connectivity index (χ2v) is 13.3. The molecule has 2 aromatic carbocycles. The molecule has 0 unspecified atom stereocenters. The van der Waals surface area contributed by atoms with Crippen molar-refractivity contribution in [3.63, 3.8) is 0 Å². The molecule has 0 N–H and O–H groups in total. The fraction of sp³-hybridized carbons (Fsp3) is 0.368. The van der Waals surface area contributed by atoms with Crippen molar-refractivity contribution < 1.29 is 17.7 Å². The van der Waals surface area contributed by atoms with Gasteiger partial charge < -0.3 is 17.7 Å². The molecule has 0 heterocycles. The van der Waals surface area contributed by atoms with Crippen LogP contribution in [0.5, 0.6) is 0 Å². The molecule has 2 aromatic rings. The summed E-state index contributed by atoms with van der Waals surface area (Å²) in [4.78, 5) is 0. The van der Waals surface area contributed by atoms with Crippen LogP contribution in [0.4, 0.5) is 0 Å². The van der Waals surface area contributed by atoms with E-state index in [-0.39, 0.29) is 5.16 Å².